The predicted molar refractivity (Wildman–Crippen MR) is 280 cm³/mol. The zero-order chi connectivity index (χ0) is 62.4. The number of hydrogen-bond acceptors (Lipinski definition) is 31. The largest absolute Gasteiger partial charge is 0.508 e. The van der Waals surface area contributed by atoms with E-state index in [1.807, 2.05) is 0 Å². The van der Waals surface area contributed by atoms with Crippen molar-refractivity contribution in [3.63, 3.8) is 0 Å². The second-order valence-corrected chi connectivity index (χ2v) is 24.3. The van der Waals surface area contributed by atoms with Gasteiger partial charge in [0.2, 0.25) is 0 Å². The Hall–Kier alpha value is -2.79. The number of fused-ring (bicyclic) bond motifs is 4. The molecule has 0 bridgehead atoms. The number of rotatable bonds is 16. The van der Waals surface area contributed by atoms with E-state index < -0.39 is 207 Å². The summed E-state index contributed by atoms with van der Waals surface area (Å²) in [6.07, 6.45) is -30.1. The first kappa shape index (κ1) is 65.7. The van der Waals surface area contributed by atoms with Gasteiger partial charge in [0.25, 0.3) is 5.97 Å². The van der Waals surface area contributed by atoms with E-state index in [-0.39, 0.29) is 56.1 Å². The van der Waals surface area contributed by atoms with Crippen molar-refractivity contribution in [2.24, 2.45) is 0 Å². The topological polar surface area (TPSA) is 382 Å². The summed E-state index contributed by atoms with van der Waals surface area (Å²) in [6, 6.07) is 2.30. The highest BCUT2D eigenvalue weighted by Gasteiger charge is 2.71. The average Bonchev–Trinajstić information content (AvgIpc) is 1.64. The Morgan fingerprint density at radius 1 is 0.678 bits per heavy atom. The van der Waals surface area contributed by atoms with Crippen molar-refractivity contribution in [3.05, 3.63) is 23.3 Å². The van der Waals surface area contributed by atoms with E-state index in [4.69, 9.17) is 104 Å². The number of phenols is 2. The molecule has 1 aromatic rings. The summed E-state index contributed by atoms with van der Waals surface area (Å²) in [5.41, 5.74) is -2.68. The van der Waals surface area contributed by atoms with Gasteiger partial charge in [0.15, 0.2) is 43.7 Å². The number of hydrogen-bond donors (Lipinski definition) is 8. The molecule has 31 nitrogen and oxygen atoms in total. The molecule has 0 amide bonds. The summed E-state index contributed by atoms with van der Waals surface area (Å²) in [6.45, 7) is 10.4. The first-order valence-electron chi connectivity index (χ1n) is 29.4. The summed E-state index contributed by atoms with van der Waals surface area (Å²) in [5, 5.41) is 89.5. The lowest BCUT2D eigenvalue weighted by atomic mass is 9.85. The number of aryl methyl sites for hydroxylation is 1. The van der Waals surface area contributed by atoms with Crippen LogP contribution in [0.25, 0.3) is 0 Å². The number of phenolic OH excluding ortho intramolecular Hbond substituents is 2. The Kier molecular flexibility index (Phi) is 19.3. The van der Waals surface area contributed by atoms with Gasteiger partial charge in [0.05, 0.1) is 69.0 Å². The molecule has 0 saturated carbocycles. The number of benzene rings is 1. The fourth-order valence-electron chi connectivity index (χ4n) is 13.9. The van der Waals surface area contributed by atoms with Crippen LogP contribution in [0.3, 0.4) is 0 Å². The SMILES string of the molecule is COC(C)[C@]1(O)CO[C@]2(O[C@H]3[C@@H](OC)[C@H](O[C@@H]4O[C@H](CO)[C@@H](O[C@@H]5O[C@H](C)[C@H](OC)[C@H](O[C@H]6C[C@@]7(C)O[C@@]8(C[C@@H](O)[C@H](O[C@H]9C[C@@H](O)[C@H](OC(=O)c%10c(C)cc(O)cc%10O)[C@@H](C)O9)[C@@H](C)O8)O[C@@H]7[C@@H](C)O6)[C@H]5O)[C@H](O)[C@@H]4OC)OC[C@@H]3O2)[C@@H]2OCO[C@H]21. The van der Waals surface area contributed by atoms with Crippen LogP contribution >= 0.6 is 0 Å². The van der Waals surface area contributed by atoms with E-state index >= 15 is 0 Å². The van der Waals surface area contributed by atoms with Gasteiger partial charge in [0, 0.05) is 47.3 Å². The van der Waals surface area contributed by atoms with Crippen LogP contribution in [0.4, 0.5) is 0 Å². The fraction of sp³-hybridized carbons (Fsp3) is 0.875. The van der Waals surface area contributed by atoms with Crippen molar-refractivity contribution >= 4 is 5.97 Å². The summed E-state index contributed by atoms with van der Waals surface area (Å²) < 4.78 is 135. The molecule has 1 unspecified atom stereocenters. The second kappa shape index (κ2) is 25.6. The zero-order valence-electron chi connectivity index (χ0n) is 50.2. The van der Waals surface area contributed by atoms with E-state index in [9.17, 15) is 45.6 Å². The van der Waals surface area contributed by atoms with Crippen LogP contribution in [0, 0.1) is 6.92 Å². The Morgan fingerprint density at radius 3 is 2.06 bits per heavy atom. The Morgan fingerprint density at radius 2 is 1.38 bits per heavy atom. The molecule has 31 atom stereocenters. The number of aliphatic hydroxyl groups excluding tert-OH is 5. The molecule has 2 spiro atoms. The van der Waals surface area contributed by atoms with Gasteiger partial charge in [-0.05, 0) is 60.1 Å². The molecule has 0 radical (unpaired) electrons. The molecule has 8 N–H and O–H groups in total. The molecule has 10 heterocycles. The minimum Gasteiger partial charge on any atom is -0.508 e. The third-order valence-electron chi connectivity index (χ3n) is 18.4. The third kappa shape index (κ3) is 12.1. The Balaban J connectivity index is 0.698. The molecule has 87 heavy (non-hydrogen) atoms. The molecular formula is C56H84O31. The highest BCUT2D eigenvalue weighted by molar-refractivity contribution is 5.94. The van der Waals surface area contributed by atoms with Crippen LogP contribution in [-0.2, 0) is 104 Å². The first-order valence-corrected chi connectivity index (χ1v) is 29.4. The van der Waals surface area contributed by atoms with Crippen LogP contribution in [0.2, 0.25) is 0 Å². The fourth-order valence-corrected chi connectivity index (χ4v) is 13.9. The van der Waals surface area contributed by atoms with Gasteiger partial charge in [-0.3, -0.25) is 0 Å². The summed E-state index contributed by atoms with van der Waals surface area (Å²) in [4.78, 5) is 13.1. The summed E-state index contributed by atoms with van der Waals surface area (Å²) >= 11 is 0. The van der Waals surface area contributed by atoms with Crippen molar-refractivity contribution in [3.8, 4) is 11.5 Å². The van der Waals surface area contributed by atoms with Crippen molar-refractivity contribution in [1.29, 1.82) is 0 Å². The summed E-state index contributed by atoms with van der Waals surface area (Å²) in [7, 11) is 5.59. The average molecular weight is 1250 g/mol. The normalized spacial score (nSPS) is 50.2. The van der Waals surface area contributed by atoms with E-state index in [1.165, 1.54) is 41.4 Å². The van der Waals surface area contributed by atoms with Crippen molar-refractivity contribution in [2.75, 3.05) is 55.1 Å². The van der Waals surface area contributed by atoms with Crippen LogP contribution in [0.5, 0.6) is 11.5 Å². The number of methoxy groups -OCH3 is 4. The highest BCUT2D eigenvalue weighted by Crippen LogP contribution is 2.52. The number of carbonyl (C=O) groups excluding carboxylic acids is 1. The van der Waals surface area contributed by atoms with Gasteiger partial charge in [0.1, 0.15) is 114 Å². The smallest absolute Gasteiger partial charge is 0.342 e. The molecule has 0 aliphatic carbocycles. The van der Waals surface area contributed by atoms with Crippen molar-refractivity contribution in [1.82, 2.24) is 0 Å². The molecule has 10 aliphatic rings. The number of aliphatic hydroxyl groups is 6. The van der Waals surface area contributed by atoms with Crippen LogP contribution in [0.15, 0.2) is 12.1 Å². The molecular weight excluding hydrogens is 1170 g/mol. The maximum absolute atomic E-state index is 13.1. The van der Waals surface area contributed by atoms with Gasteiger partial charge >= 0.3 is 11.9 Å². The van der Waals surface area contributed by atoms with Crippen LogP contribution < -0.4 is 0 Å². The molecule has 31 heteroatoms. The van der Waals surface area contributed by atoms with Crippen LogP contribution in [0.1, 0.15) is 76.7 Å². The number of carbonyl (C=O) groups is 1. The molecule has 494 valence electrons. The molecule has 1 aromatic carbocycles. The van der Waals surface area contributed by atoms with E-state index in [0.717, 1.165) is 6.07 Å². The molecule has 10 saturated heterocycles. The molecule has 11 rings (SSSR count). The van der Waals surface area contributed by atoms with Gasteiger partial charge in [-0.1, -0.05) is 0 Å². The standard InChI is InChI=1S/C56H84O31/c1-21-12-27(58)13-28(59)35(21)49(64)80-38-22(2)74-33(14-29(38)60)78-39-24(4)83-55(15-30(39)61)86-46-25(5)75-34(16-53(46,7)87-55)79-43-37(63)50(76-23(3)40(43)67-9)81-41-31(17-57)77-52(44(68-10)36(41)62)82-51-45(69-11)42-32(18-70-51)84-56(85-42)48-47(71-20-72-48)54(65,19-73-56)26(6)66-8/h12-13,22-26,29-34,36-48,50-52,57-63,65H,14-20H2,1-11H3/t22-,23-,24-,25-,26?,29-,30-,31-,32+,33+,34+,36+,37-,38-,39-,40+,41-,42-,43-,44+,45-,46-,47-,48-,50+,51+,52+,53-,54-,55-,56-/m1/s1. The lowest BCUT2D eigenvalue weighted by Crippen LogP contribution is -2.69. The first-order chi connectivity index (χ1) is 41.3. The number of aromatic hydroxyl groups is 2. The van der Waals surface area contributed by atoms with E-state index in [1.54, 1.807) is 41.5 Å². The minimum atomic E-state index is -1.83. The monoisotopic (exact) mass is 1250 g/mol. The third-order valence-corrected chi connectivity index (χ3v) is 18.4. The van der Waals surface area contributed by atoms with Gasteiger partial charge in [-0.25, -0.2) is 4.79 Å². The zero-order valence-corrected chi connectivity index (χ0v) is 50.2. The quantitative estimate of drug-likeness (QED) is 0.0855. The Bertz CT molecular complexity index is 2490. The van der Waals surface area contributed by atoms with Crippen molar-refractivity contribution in [2.45, 2.75) is 257 Å². The van der Waals surface area contributed by atoms with Gasteiger partial charge in [-0.2, -0.15) is 0 Å². The highest BCUT2D eigenvalue weighted by atomic mass is 16.9. The maximum atomic E-state index is 13.1. The lowest BCUT2D eigenvalue weighted by Gasteiger charge is -2.49. The maximum Gasteiger partial charge on any atom is 0.342 e. The van der Waals surface area contributed by atoms with Crippen molar-refractivity contribution < 1.29 is 150 Å². The molecule has 10 fully saturated rings. The van der Waals surface area contributed by atoms with E-state index in [0.29, 0.717) is 0 Å². The molecule has 10 aliphatic heterocycles. The molecule has 0 aromatic heterocycles. The Labute approximate surface area is 501 Å². The van der Waals surface area contributed by atoms with E-state index in [2.05, 4.69) is 0 Å². The summed E-state index contributed by atoms with van der Waals surface area (Å²) in [5.74, 6) is -5.26. The van der Waals surface area contributed by atoms with Crippen LogP contribution in [-0.4, -0.2) is 291 Å². The van der Waals surface area contributed by atoms with Gasteiger partial charge in [-0.15, -0.1) is 0 Å². The lowest BCUT2D eigenvalue weighted by molar-refractivity contribution is -0.422. The number of ether oxygens (including phenoxy) is 22. The van der Waals surface area contributed by atoms with Gasteiger partial charge < -0.3 is 145 Å². The minimum absolute atomic E-state index is 0.0206. The second-order valence-electron chi connectivity index (χ2n) is 24.3. The number of esters is 1. The predicted octanol–water partition coefficient (Wildman–Crippen LogP) is -1.71.